The van der Waals surface area contributed by atoms with Crippen LogP contribution < -0.4 is 14.2 Å². The van der Waals surface area contributed by atoms with Gasteiger partial charge in [0, 0.05) is 5.56 Å². The molecule has 0 aliphatic heterocycles. The van der Waals surface area contributed by atoms with Crippen LogP contribution in [0, 0.1) is 6.92 Å². The third kappa shape index (κ3) is 3.32. The minimum atomic E-state index is 0.121. The van der Waals surface area contributed by atoms with Crippen molar-refractivity contribution in [2.75, 3.05) is 14.2 Å². The number of aryl methyl sites for hydroxylation is 1. The average molecular weight is 326 g/mol. The topological polar surface area (TPSA) is 66.6 Å². The molecule has 6 nitrogen and oxygen atoms in total. The molecular weight excluding hydrogens is 308 g/mol. The summed E-state index contributed by atoms with van der Waals surface area (Å²) in [4.78, 5) is 0. The largest absolute Gasteiger partial charge is 0.493 e. The zero-order chi connectivity index (χ0) is 16.9. The number of methoxy groups -OCH3 is 2. The molecule has 0 aliphatic rings. The van der Waals surface area contributed by atoms with Gasteiger partial charge in [0.25, 0.3) is 5.89 Å². The van der Waals surface area contributed by atoms with E-state index in [1.54, 1.807) is 26.4 Å². The summed E-state index contributed by atoms with van der Waals surface area (Å²) in [5.74, 6) is 2.48. The molecule has 3 rings (SSSR count). The zero-order valence-corrected chi connectivity index (χ0v) is 13.8. The molecule has 24 heavy (non-hydrogen) atoms. The van der Waals surface area contributed by atoms with Crippen LogP contribution in [0.4, 0.5) is 0 Å². The van der Waals surface area contributed by atoms with Crippen molar-refractivity contribution in [3.8, 4) is 28.7 Å². The summed E-state index contributed by atoms with van der Waals surface area (Å²) in [5, 5.41) is 8.07. The van der Waals surface area contributed by atoms with Gasteiger partial charge in [-0.25, -0.2) is 0 Å². The van der Waals surface area contributed by atoms with E-state index in [-0.39, 0.29) is 6.61 Å². The molecule has 0 bridgehead atoms. The summed E-state index contributed by atoms with van der Waals surface area (Å²) in [6.45, 7) is 2.15. The van der Waals surface area contributed by atoms with Crippen molar-refractivity contribution >= 4 is 0 Å². The first-order valence-corrected chi connectivity index (χ1v) is 7.44. The van der Waals surface area contributed by atoms with Crippen LogP contribution in [0.2, 0.25) is 0 Å². The van der Waals surface area contributed by atoms with Gasteiger partial charge in [-0.15, -0.1) is 10.2 Å². The second kappa shape index (κ2) is 7.04. The van der Waals surface area contributed by atoms with E-state index in [0.29, 0.717) is 29.0 Å². The van der Waals surface area contributed by atoms with Crippen LogP contribution in [0.25, 0.3) is 11.5 Å². The Balaban J connectivity index is 1.75. The van der Waals surface area contributed by atoms with Gasteiger partial charge < -0.3 is 18.6 Å². The quantitative estimate of drug-likeness (QED) is 0.689. The lowest BCUT2D eigenvalue weighted by Gasteiger charge is -2.12. The van der Waals surface area contributed by atoms with E-state index in [2.05, 4.69) is 10.2 Å². The van der Waals surface area contributed by atoms with Gasteiger partial charge in [-0.1, -0.05) is 23.8 Å². The Hall–Kier alpha value is -3.02. The predicted octanol–water partition coefficient (Wildman–Crippen LogP) is 3.64. The Bertz CT molecular complexity index is 790. The first-order valence-electron chi connectivity index (χ1n) is 7.44. The summed E-state index contributed by atoms with van der Waals surface area (Å²) < 4.78 is 22.0. The van der Waals surface area contributed by atoms with Crippen LogP contribution in [-0.4, -0.2) is 24.4 Å². The van der Waals surface area contributed by atoms with Crippen molar-refractivity contribution in [2.24, 2.45) is 0 Å². The van der Waals surface area contributed by atoms with Crippen LogP contribution in [0.1, 0.15) is 11.5 Å². The summed E-state index contributed by atoms with van der Waals surface area (Å²) in [7, 11) is 3.15. The molecule has 3 aromatic rings. The molecule has 124 valence electrons. The molecule has 0 amide bonds. The van der Waals surface area contributed by atoms with Crippen molar-refractivity contribution in [1.29, 1.82) is 0 Å². The lowest BCUT2D eigenvalue weighted by atomic mass is 10.1. The summed E-state index contributed by atoms with van der Waals surface area (Å²) in [5.41, 5.74) is 2.04. The number of benzene rings is 2. The van der Waals surface area contributed by atoms with Gasteiger partial charge in [-0.3, -0.25) is 0 Å². The van der Waals surface area contributed by atoms with Crippen molar-refractivity contribution in [2.45, 2.75) is 13.5 Å². The molecular formula is C18H18N2O4. The van der Waals surface area contributed by atoms with Crippen LogP contribution in [0.15, 0.2) is 46.9 Å². The molecule has 1 aromatic heterocycles. The molecule has 0 N–H and O–H groups in total. The fraction of sp³-hybridized carbons (Fsp3) is 0.222. The minimum Gasteiger partial charge on any atom is -0.493 e. The SMILES string of the molecule is COc1cccc(OC)c1OCc1nnc(-c2ccc(C)cc2)o1. The van der Waals surface area contributed by atoms with Crippen LogP contribution in [-0.2, 0) is 6.61 Å². The van der Waals surface area contributed by atoms with Gasteiger partial charge in [0.05, 0.1) is 14.2 Å². The minimum absolute atomic E-state index is 0.121. The fourth-order valence-corrected chi connectivity index (χ4v) is 2.22. The van der Waals surface area contributed by atoms with Gasteiger partial charge in [0.15, 0.2) is 18.1 Å². The lowest BCUT2D eigenvalue weighted by molar-refractivity contribution is 0.238. The van der Waals surface area contributed by atoms with Crippen molar-refractivity contribution < 1.29 is 18.6 Å². The molecule has 0 radical (unpaired) electrons. The standard InChI is InChI=1S/C18H18N2O4/c1-12-7-9-13(10-8-12)18-20-19-16(24-18)11-23-17-14(21-2)5-4-6-15(17)22-3/h4-10H,11H2,1-3H3. The monoisotopic (exact) mass is 326 g/mol. The molecule has 2 aromatic carbocycles. The highest BCUT2D eigenvalue weighted by molar-refractivity contribution is 5.53. The van der Waals surface area contributed by atoms with Crippen LogP contribution in [0.3, 0.4) is 0 Å². The third-order valence-corrected chi connectivity index (χ3v) is 3.49. The van der Waals surface area contributed by atoms with E-state index in [1.165, 1.54) is 5.56 Å². The number of hydrogen-bond donors (Lipinski definition) is 0. The number of ether oxygens (including phenoxy) is 3. The maximum Gasteiger partial charge on any atom is 0.254 e. The molecule has 0 aliphatic carbocycles. The first kappa shape index (κ1) is 15.9. The van der Waals surface area contributed by atoms with E-state index in [1.807, 2.05) is 37.3 Å². The van der Waals surface area contributed by atoms with Crippen molar-refractivity contribution in [3.63, 3.8) is 0 Å². The van der Waals surface area contributed by atoms with Crippen molar-refractivity contribution in [1.82, 2.24) is 10.2 Å². The number of rotatable bonds is 6. The molecule has 0 atom stereocenters. The highest BCUT2D eigenvalue weighted by Gasteiger charge is 2.14. The normalized spacial score (nSPS) is 10.5. The molecule has 0 saturated carbocycles. The first-order chi connectivity index (χ1) is 11.7. The summed E-state index contributed by atoms with van der Waals surface area (Å²) in [6, 6.07) is 13.3. The molecule has 0 saturated heterocycles. The van der Waals surface area contributed by atoms with Gasteiger partial charge in [-0.2, -0.15) is 0 Å². The second-order valence-corrected chi connectivity index (χ2v) is 5.15. The lowest BCUT2D eigenvalue weighted by Crippen LogP contribution is -2.00. The smallest absolute Gasteiger partial charge is 0.254 e. The average Bonchev–Trinajstić information content (AvgIpc) is 3.09. The van der Waals surface area contributed by atoms with Gasteiger partial charge >= 0.3 is 0 Å². The van der Waals surface area contributed by atoms with E-state index in [0.717, 1.165) is 5.56 Å². The van der Waals surface area contributed by atoms with Crippen LogP contribution in [0.5, 0.6) is 17.2 Å². The molecule has 6 heteroatoms. The van der Waals surface area contributed by atoms with Gasteiger partial charge in [0.2, 0.25) is 11.6 Å². The Labute approximate surface area is 140 Å². The highest BCUT2D eigenvalue weighted by atomic mass is 16.5. The Kier molecular flexibility index (Phi) is 4.65. The number of nitrogens with zero attached hydrogens (tertiary/aromatic N) is 2. The Morgan fingerprint density at radius 1 is 0.917 bits per heavy atom. The maximum absolute atomic E-state index is 5.76. The van der Waals surface area contributed by atoms with E-state index in [4.69, 9.17) is 18.6 Å². The summed E-state index contributed by atoms with van der Waals surface area (Å²) in [6.07, 6.45) is 0. The molecule has 0 fully saturated rings. The Morgan fingerprint density at radius 3 is 2.21 bits per heavy atom. The number of hydrogen-bond acceptors (Lipinski definition) is 6. The van der Waals surface area contributed by atoms with E-state index in [9.17, 15) is 0 Å². The van der Waals surface area contributed by atoms with E-state index >= 15 is 0 Å². The summed E-state index contributed by atoms with van der Waals surface area (Å²) >= 11 is 0. The van der Waals surface area contributed by atoms with E-state index < -0.39 is 0 Å². The number of para-hydroxylation sites is 1. The van der Waals surface area contributed by atoms with Crippen molar-refractivity contribution in [3.05, 3.63) is 53.9 Å². The highest BCUT2D eigenvalue weighted by Crippen LogP contribution is 2.37. The Morgan fingerprint density at radius 2 is 1.58 bits per heavy atom. The second-order valence-electron chi connectivity index (χ2n) is 5.15. The van der Waals surface area contributed by atoms with Gasteiger partial charge in [-0.05, 0) is 31.2 Å². The fourth-order valence-electron chi connectivity index (χ4n) is 2.22. The number of aromatic nitrogens is 2. The maximum atomic E-state index is 5.76. The molecule has 0 unspecified atom stereocenters. The molecule has 1 heterocycles. The van der Waals surface area contributed by atoms with Gasteiger partial charge in [0.1, 0.15) is 0 Å². The third-order valence-electron chi connectivity index (χ3n) is 3.49. The predicted molar refractivity (Wildman–Crippen MR) is 88.3 cm³/mol. The van der Waals surface area contributed by atoms with Crippen LogP contribution >= 0.6 is 0 Å². The zero-order valence-electron chi connectivity index (χ0n) is 13.8. The molecule has 0 spiro atoms.